The van der Waals surface area contributed by atoms with Gasteiger partial charge in [-0.2, -0.15) is 8.78 Å². The summed E-state index contributed by atoms with van der Waals surface area (Å²) in [6.45, 7) is 3.89. The molecule has 1 N–H and O–H groups in total. The zero-order chi connectivity index (χ0) is 15.6. The number of quaternary nitrogens is 1. The number of piperazine rings is 3. The highest BCUT2D eigenvalue weighted by Crippen LogP contribution is 2.21. The van der Waals surface area contributed by atoms with E-state index in [1.807, 2.05) is 0 Å². The Bertz CT molecular complexity index is 514. The molecule has 3 saturated heterocycles. The van der Waals surface area contributed by atoms with Crippen LogP contribution in [0.3, 0.4) is 0 Å². The molecule has 3 aliphatic rings. The highest BCUT2D eigenvalue weighted by atomic mass is 19.3. The molecule has 0 saturated carbocycles. The number of fused-ring (bicyclic) bond motifs is 3. The molecular weight excluding hydrogens is 292 g/mol. The third-order valence-electron chi connectivity index (χ3n) is 4.51. The summed E-state index contributed by atoms with van der Waals surface area (Å²) in [5.41, 5.74) is 0.598. The summed E-state index contributed by atoms with van der Waals surface area (Å²) >= 11 is 0. The number of benzene rings is 1. The molecule has 4 rings (SSSR count). The second-order valence-corrected chi connectivity index (χ2v) is 5.96. The SMILES string of the molecule is O=C(C[N+]12CCN(CC1)CC2)Nc1ccc(OC(F)F)cc1. The van der Waals surface area contributed by atoms with Crippen molar-refractivity contribution < 1.29 is 22.8 Å². The summed E-state index contributed by atoms with van der Waals surface area (Å²) in [5.74, 6) is 0.0555. The van der Waals surface area contributed by atoms with E-state index in [4.69, 9.17) is 0 Å². The van der Waals surface area contributed by atoms with Crippen LogP contribution in [0, 0.1) is 0 Å². The van der Waals surface area contributed by atoms with Crippen LogP contribution < -0.4 is 10.1 Å². The molecule has 0 aliphatic carbocycles. The van der Waals surface area contributed by atoms with E-state index in [2.05, 4.69) is 15.0 Å². The van der Waals surface area contributed by atoms with Crippen molar-refractivity contribution >= 4 is 11.6 Å². The lowest BCUT2D eigenvalue weighted by atomic mass is 10.1. The molecular formula is C15H20F2N3O2+. The van der Waals surface area contributed by atoms with Gasteiger partial charge in [0.25, 0.3) is 5.91 Å². The number of nitrogens with zero attached hydrogens (tertiary/aromatic N) is 2. The van der Waals surface area contributed by atoms with Gasteiger partial charge < -0.3 is 14.5 Å². The van der Waals surface area contributed by atoms with Crippen LogP contribution in [0.15, 0.2) is 24.3 Å². The molecule has 22 heavy (non-hydrogen) atoms. The van der Waals surface area contributed by atoms with E-state index >= 15 is 0 Å². The van der Waals surface area contributed by atoms with Gasteiger partial charge in [0, 0.05) is 25.3 Å². The van der Waals surface area contributed by atoms with E-state index in [9.17, 15) is 13.6 Å². The molecule has 120 valence electrons. The van der Waals surface area contributed by atoms with Gasteiger partial charge in [-0.1, -0.05) is 0 Å². The Labute approximate surface area is 128 Å². The maximum absolute atomic E-state index is 12.2. The van der Waals surface area contributed by atoms with Crippen LogP contribution in [0.4, 0.5) is 14.5 Å². The lowest BCUT2D eigenvalue weighted by Crippen LogP contribution is -2.68. The molecule has 3 heterocycles. The predicted molar refractivity (Wildman–Crippen MR) is 77.9 cm³/mol. The van der Waals surface area contributed by atoms with Crippen molar-refractivity contribution in [1.29, 1.82) is 0 Å². The van der Waals surface area contributed by atoms with E-state index < -0.39 is 6.61 Å². The van der Waals surface area contributed by atoms with Crippen molar-refractivity contribution in [3.63, 3.8) is 0 Å². The molecule has 0 radical (unpaired) electrons. The zero-order valence-electron chi connectivity index (χ0n) is 12.3. The number of amides is 1. The van der Waals surface area contributed by atoms with Crippen LogP contribution in [0.25, 0.3) is 0 Å². The van der Waals surface area contributed by atoms with E-state index in [0.29, 0.717) is 12.2 Å². The van der Waals surface area contributed by atoms with Crippen molar-refractivity contribution in [2.75, 3.05) is 51.1 Å². The average Bonchev–Trinajstić information content (AvgIpc) is 2.50. The van der Waals surface area contributed by atoms with Crippen LogP contribution in [0.1, 0.15) is 0 Å². The van der Waals surface area contributed by atoms with E-state index in [1.165, 1.54) is 12.1 Å². The summed E-state index contributed by atoms with van der Waals surface area (Å²) < 4.78 is 29.3. The Morgan fingerprint density at radius 1 is 1.18 bits per heavy atom. The van der Waals surface area contributed by atoms with Crippen LogP contribution >= 0.6 is 0 Å². The maximum Gasteiger partial charge on any atom is 0.387 e. The Balaban J connectivity index is 1.55. The second kappa shape index (κ2) is 6.18. The first kappa shape index (κ1) is 15.2. The Kier molecular flexibility index (Phi) is 4.26. The van der Waals surface area contributed by atoms with E-state index in [0.717, 1.165) is 43.8 Å². The van der Waals surface area contributed by atoms with Gasteiger partial charge in [-0.25, -0.2) is 0 Å². The second-order valence-electron chi connectivity index (χ2n) is 5.96. The number of halogens is 2. The van der Waals surface area contributed by atoms with E-state index in [-0.39, 0.29) is 11.7 Å². The molecule has 1 amide bonds. The Morgan fingerprint density at radius 2 is 1.77 bits per heavy atom. The van der Waals surface area contributed by atoms with Gasteiger partial charge >= 0.3 is 6.61 Å². The molecule has 2 bridgehead atoms. The molecule has 1 aromatic rings. The average molecular weight is 312 g/mol. The number of anilines is 1. The van der Waals surface area contributed by atoms with Crippen LogP contribution in [0.5, 0.6) is 5.75 Å². The fourth-order valence-electron chi connectivity index (χ4n) is 3.19. The minimum Gasteiger partial charge on any atom is -0.435 e. The smallest absolute Gasteiger partial charge is 0.387 e. The highest BCUT2D eigenvalue weighted by Gasteiger charge is 2.39. The lowest BCUT2D eigenvalue weighted by Gasteiger charge is -2.50. The molecule has 3 fully saturated rings. The standard InChI is InChI=1S/C15H19F2N3O2/c16-15(17)22-13-3-1-12(2-4-13)18-14(21)11-20-8-5-19(6-9-20)7-10-20/h1-4,15H,5-11H2/p+1. The number of carbonyl (C=O) groups is 1. The molecule has 3 aliphatic heterocycles. The summed E-state index contributed by atoms with van der Waals surface area (Å²) in [5, 5.41) is 2.83. The number of hydrogen-bond donors (Lipinski definition) is 1. The topological polar surface area (TPSA) is 41.6 Å². The number of alkyl halides is 2. The quantitative estimate of drug-likeness (QED) is 0.835. The Hall–Kier alpha value is -1.73. The lowest BCUT2D eigenvalue weighted by molar-refractivity contribution is -0.933. The number of carbonyl (C=O) groups excluding carboxylic acids is 1. The first-order valence-electron chi connectivity index (χ1n) is 7.47. The van der Waals surface area contributed by atoms with Gasteiger partial charge in [-0.05, 0) is 24.3 Å². The number of nitrogens with one attached hydrogen (secondary N) is 1. The van der Waals surface area contributed by atoms with Crippen LogP contribution in [-0.2, 0) is 4.79 Å². The number of rotatable bonds is 5. The highest BCUT2D eigenvalue weighted by molar-refractivity contribution is 5.91. The van der Waals surface area contributed by atoms with Gasteiger partial charge in [0.1, 0.15) is 5.75 Å². The van der Waals surface area contributed by atoms with Gasteiger partial charge in [0.15, 0.2) is 6.54 Å². The summed E-state index contributed by atoms with van der Waals surface area (Å²) in [7, 11) is 0. The van der Waals surface area contributed by atoms with Crippen LogP contribution in [0.2, 0.25) is 0 Å². The summed E-state index contributed by atoms with van der Waals surface area (Å²) in [6.07, 6.45) is 0. The molecule has 5 nitrogen and oxygen atoms in total. The van der Waals surface area contributed by atoms with Crippen molar-refractivity contribution in [3.05, 3.63) is 24.3 Å². The first-order valence-corrected chi connectivity index (χ1v) is 7.47. The first-order chi connectivity index (χ1) is 10.5. The monoisotopic (exact) mass is 312 g/mol. The van der Waals surface area contributed by atoms with Gasteiger partial charge in [0.05, 0.1) is 19.6 Å². The summed E-state index contributed by atoms with van der Waals surface area (Å²) in [4.78, 5) is 14.7. The normalized spacial score (nSPS) is 27.0. The summed E-state index contributed by atoms with van der Waals surface area (Å²) in [6, 6.07) is 6.00. The third-order valence-corrected chi connectivity index (χ3v) is 4.51. The fraction of sp³-hybridized carbons (Fsp3) is 0.533. The predicted octanol–water partition coefficient (Wildman–Crippen LogP) is 1.37. The largest absolute Gasteiger partial charge is 0.435 e. The van der Waals surface area contributed by atoms with Gasteiger partial charge in [-0.3, -0.25) is 9.69 Å². The Morgan fingerprint density at radius 3 is 2.32 bits per heavy atom. The number of hydrogen-bond acceptors (Lipinski definition) is 3. The van der Waals surface area contributed by atoms with Gasteiger partial charge in [-0.15, -0.1) is 0 Å². The van der Waals surface area contributed by atoms with Gasteiger partial charge in [0.2, 0.25) is 0 Å². The number of ether oxygens (including phenoxy) is 1. The van der Waals surface area contributed by atoms with Crippen molar-refractivity contribution in [2.24, 2.45) is 0 Å². The van der Waals surface area contributed by atoms with E-state index in [1.54, 1.807) is 12.1 Å². The van der Waals surface area contributed by atoms with Crippen molar-refractivity contribution in [2.45, 2.75) is 6.61 Å². The van der Waals surface area contributed by atoms with Crippen LogP contribution in [-0.4, -0.2) is 67.7 Å². The minimum atomic E-state index is -2.84. The molecule has 0 unspecified atom stereocenters. The fourth-order valence-corrected chi connectivity index (χ4v) is 3.19. The maximum atomic E-state index is 12.2. The van der Waals surface area contributed by atoms with Crippen molar-refractivity contribution in [3.8, 4) is 5.75 Å². The van der Waals surface area contributed by atoms with Crippen molar-refractivity contribution in [1.82, 2.24) is 4.90 Å². The third kappa shape index (κ3) is 3.53. The molecule has 1 aromatic carbocycles. The minimum absolute atomic E-state index is 0.0297. The molecule has 0 aromatic heterocycles. The molecule has 0 spiro atoms. The molecule has 7 heteroatoms. The zero-order valence-corrected chi connectivity index (χ0v) is 12.3. The molecule has 0 atom stereocenters.